The molecule has 0 aliphatic carbocycles. The van der Waals surface area contributed by atoms with E-state index in [9.17, 15) is 4.79 Å². The summed E-state index contributed by atoms with van der Waals surface area (Å²) >= 11 is 3.20. The highest BCUT2D eigenvalue weighted by atomic mass is 32.1. The van der Waals surface area contributed by atoms with Gasteiger partial charge in [-0.2, -0.15) is 0 Å². The third-order valence-electron chi connectivity index (χ3n) is 5.66. The number of nitrogens with one attached hydrogen (secondary N) is 1. The zero-order valence-corrected chi connectivity index (χ0v) is 20.5. The maximum atomic E-state index is 13.2. The summed E-state index contributed by atoms with van der Waals surface area (Å²) in [4.78, 5) is 28.0. The lowest BCUT2D eigenvalue weighted by atomic mass is 9.95. The number of carbonyl (C=O) groups excluding carboxylic acids is 1. The molecule has 6 nitrogen and oxygen atoms in total. The molecule has 1 aliphatic rings. The second-order valence-electron chi connectivity index (χ2n) is 9.01. The number of aromatic nitrogens is 2. The zero-order valence-electron chi connectivity index (χ0n) is 18.8. The van der Waals surface area contributed by atoms with Crippen molar-refractivity contribution in [3.8, 4) is 0 Å². The van der Waals surface area contributed by atoms with Gasteiger partial charge in [0.15, 0.2) is 0 Å². The van der Waals surface area contributed by atoms with Crippen LogP contribution in [0.25, 0.3) is 10.2 Å². The smallest absolute Gasteiger partial charge is 0.261 e. The lowest BCUT2D eigenvalue weighted by Crippen LogP contribution is -2.43. The van der Waals surface area contributed by atoms with Crippen LogP contribution in [0.15, 0.2) is 17.5 Å². The van der Waals surface area contributed by atoms with E-state index >= 15 is 0 Å². The quantitative estimate of drug-likeness (QED) is 0.611. The van der Waals surface area contributed by atoms with Crippen molar-refractivity contribution in [3.05, 3.63) is 44.3 Å². The molecule has 31 heavy (non-hydrogen) atoms. The van der Waals surface area contributed by atoms with Crippen molar-refractivity contribution in [2.75, 3.05) is 32.8 Å². The highest BCUT2D eigenvalue weighted by molar-refractivity contribution is 7.20. The number of hydrogen-bond acceptors (Lipinski definition) is 7. The van der Waals surface area contributed by atoms with Crippen LogP contribution in [0.4, 0.5) is 0 Å². The van der Waals surface area contributed by atoms with Gasteiger partial charge < -0.3 is 10.1 Å². The average Bonchev–Trinajstić information content (AvgIpc) is 3.37. The van der Waals surface area contributed by atoms with Gasteiger partial charge in [0, 0.05) is 35.3 Å². The minimum Gasteiger partial charge on any atom is -0.379 e. The van der Waals surface area contributed by atoms with Gasteiger partial charge in [0.1, 0.15) is 10.7 Å². The number of carbonyl (C=O) groups is 1. The van der Waals surface area contributed by atoms with Crippen molar-refractivity contribution in [1.82, 2.24) is 20.2 Å². The molecule has 1 atom stereocenters. The van der Waals surface area contributed by atoms with Crippen LogP contribution in [-0.4, -0.2) is 53.6 Å². The van der Waals surface area contributed by atoms with E-state index in [0.717, 1.165) is 58.5 Å². The Morgan fingerprint density at radius 1 is 1.26 bits per heavy atom. The zero-order chi connectivity index (χ0) is 22.2. The van der Waals surface area contributed by atoms with E-state index in [4.69, 9.17) is 14.7 Å². The number of thiophene rings is 2. The largest absolute Gasteiger partial charge is 0.379 e. The Kier molecular flexibility index (Phi) is 6.44. The van der Waals surface area contributed by atoms with Crippen LogP contribution < -0.4 is 5.32 Å². The molecular formula is C23H30N4O2S2. The molecule has 1 saturated heterocycles. The number of amides is 1. The molecule has 1 fully saturated rings. The van der Waals surface area contributed by atoms with E-state index in [0.29, 0.717) is 6.54 Å². The summed E-state index contributed by atoms with van der Waals surface area (Å²) in [6.45, 7) is 14.1. The maximum Gasteiger partial charge on any atom is 0.261 e. The van der Waals surface area contributed by atoms with E-state index in [1.165, 1.54) is 16.2 Å². The van der Waals surface area contributed by atoms with Gasteiger partial charge >= 0.3 is 0 Å². The Bertz CT molecular complexity index is 1060. The van der Waals surface area contributed by atoms with Gasteiger partial charge in [0.05, 0.1) is 29.8 Å². The number of rotatable bonds is 5. The standard InChI is InChI=1S/C23H30N4O2S2/c1-14-18-15(2)25-22(23(3,4)5)26-21(18)31-19(14)20(28)24-13-16(17-7-6-12-30-17)27-8-10-29-11-9-27/h6-7,12,16H,8-11,13H2,1-5H3,(H,24,28). The molecule has 0 aromatic carbocycles. The second kappa shape index (κ2) is 8.94. The van der Waals surface area contributed by atoms with E-state index in [2.05, 4.69) is 48.5 Å². The molecule has 1 unspecified atom stereocenters. The molecule has 3 aromatic rings. The number of nitrogens with zero attached hydrogens (tertiary/aromatic N) is 3. The van der Waals surface area contributed by atoms with Crippen molar-refractivity contribution in [2.24, 2.45) is 0 Å². The number of ether oxygens (including phenoxy) is 1. The van der Waals surface area contributed by atoms with E-state index in [1.807, 2.05) is 13.8 Å². The normalized spacial score (nSPS) is 16.5. The molecular weight excluding hydrogens is 428 g/mol. The van der Waals surface area contributed by atoms with Gasteiger partial charge in [-0.1, -0.05) is 26.8 Å². The Morgan fingerprint density at radius 2 is 2.00 bits per heavy atom. The molecule has 1 N–H and O–H groups in total. The van der Waals surface area contributed by atoms with Gasteiger partial charge in [0.2, 0.25) is 0 Å². The first-order valence-electron chi connectivity index (χ1n) is 10.7. The lowest BCUT2D eigenvalue weighted by Gasteiger charge is -2.34. The summed E-state index contributed by atoms with van der Waals surface area (Å²) in [6, 6.07) is 4.38. The summed E-state index contributed by atoms with van der Waals surface area (Å²) in [5, 5.41) is 6.30. The van der Waals surface area contributed by atoms with Gasteiger partial charge in [0.25, 0.3) is 5.91 Å². The van der Waals surface area contributed by atoms with Crippen LogP contribution in [0.5, 0.6) is 0 Å². The van der Waals surface area contributed by atoms with Gasteiger partial charge in [-0.05, 0) is 30.9 Å². The van der Waals surface area contributed by atoms with Crippen molar-refractivity contribution in [3.63, 3.8) is 0 Å². The highest BCUT2D eigenvalue weighted by Gasteiger charge is 2.26. The molecule has 3 aromatic heterocycles. The first-order valence-corrected chi connectivity index (χ1v) is 12.4. The summed E-state index contributed by atoms with van der Waals surface area (Å²) in [7, 11) is 0. The van der Waals surface area contributed by atoms with Crippen LogP contribution in [0.3, 0.4) is 0 Å². The van der Waals surface area contributed by atoms with Crippen molar-refractivity contribution < 1.29 is 9.53 Å². The summed E-state index contributed by atoms with van der Waals surface area (Å²) < 4.78 is 5.52. The highest BCUT2D eigenvalue weighted by Crippen LogP contribution is 2.33. The summed E-state index contributed by atoms with van der Waals surface area (Å²) in [5.41, 5.74) is 1.77. The van der Waals surface area contributed by atoms with E-state index in [-0.39, 0.29) is 17.4 Å². The van der Waals surface area contributed by atoms with Crippen molar-refractivity contribution >= 4 is 38.8 Å². The third-order valence-corrected chi connectivity index (χ3v) is 7.82. The fourth-order valence-corrected chi connectivity index (χ4v) is 5.95. The molecule has 8 heteroatoms. The van der Waals surface area contributed by atoms with Crippen LogP contribution in [-0.2, 0) is 10.2 Å². The SMILES string of the molecule is Cc1nc(C(C)(C)C)nc2sc(C(=O)NCC(c3cccs3)N3CCOCC3)c(C)c12. The Hall–Kier alpha value is -1.87. The molecule has 1 aliphatic heterocycles. The minimum atomic E-state index is -0.134. The summed E-state index contributed by atoms with van der Waals surface area (Å²) in [5.74, 6) is 0.780. The maximum absolute atomic E-state index is 13.2. The Labute approximate surface area is 191 Å². The van der Waals surface area contributed by atoms with Crippen molar-refractivity contribution in [1.29, 1.82) is 0 Å². The van der Waals surface area contributed by atoms with Gasteiger partial charge in [-0.25, -0.2) is 9.97 Å². The lowest BCUT2D eigenvalue weighted by molar-refractivity contribution is 0.0169. The minimum absolute atomic E-state index is 0.0352. The van der Waals surface area contributed by atoms with Crippen molar-refractivity contribution in [2.45, 2.75) is 46.1 Å². The molecule has 166 valence electrons. The van der Waals surface area contributed by atoms with E-state index < -0.39 is 0 Å². The molecule has 0 saturated carbocycles. The monoisotopic (exact) mass is 458 g/mol. The fourth-order valence-electron chi connectivity index (χ4n) is 3.94. The van der Waals surface area contributed by atoms with Crippen LogP contribution in [0.2, 0.25) is 0 Å². The first kappa shape index (κ1) is 22.3. The topological polar surface area (TPSA) is 67.4 Å². The van der Waals surface area contributed by atoms with Gasteiger partial charge in [-0.15, -0.1) is 22.7 Å². The Morgan fingerprint density at radius 3 is 2.65 bits per heavy atom. The first-order chi connectivity index (χ1) is 14.8. The second-order valence-corrected chi connectivity index (χ2v) is 11.0. The predicted molar refractivity (Wildman–Crippen MR) is 127 cm³/mol. The predicted octanol–water partition coefficient (Wildman–Crippen LogP) is 4.47. The third kappa shape index (κ3) is 4.67. The molecule has 0 bridgehead atoms. The average molecular weight is 459 g/mol. The summed E-state index contributed by atoms with van der Waals surface area (Å²) in [6.07, 6.45) is 0. The van der Waals surface area contributed by atoms with E-state index in [1.54, 1.807) is 11.3 Å². The number of aryl methyl sites for hydroxylation is 2. The molecule has 0 spiro atoms. The molecule has 1 amide bonds. The fraction of sp³-hybridized carbons (Fsp3) is 0.522. The number of morpholine rings is 1. The van der Waals surface area contributed by atoms with Crippen LogP contribution >= 0.6 is 22.7 Å². The van der Waals surface area contributed by atoms with Crippen LogP contribution in [0.1, 0.15) is 58.4 Å². The Balaban J connectivity index is 1.57. The number of hydrogen-bond donors (Lipinski definition) is 1. The molecule has 4 heterocycles. The van der Waals surface area contributed by atoms with Crippen LogP contribution in [0, 0.1) is 13.8 Å². The molecule has 0 radical (unpaired) electrons. The number of fused-ring (bicyclic) bond motifs is 1. The van der Waals surface area contributed by atoms with Gasteiger partial charge in [-0.3, -0.25) is 9.69 Å². The molecule has 4 rings (SSSR count).